The number of phenols is 1. The number of rotatable bonds is 7. The lowest BCUT2D eigenvalue weighted by atomic mass is 9.87. The van der Waals surface area contributed by atoms with Crippen molar-refractivity contribution in [2.75, 3.05) is 11.9 Å². The van der Waals surface area contributed by atoms with E-state index in [9.17, 15) is 20.0 Å². The van der Waals surface area contributed by atoms with Gasteiger partial charge in [-0.3, -0.25) is 14.4 Å². The van der Waals surface area contributed by atoms with E-state index in [4.69, 9.17) is 0 Å². The van der Waals surface area contributed by atoms with E-state index in [1.165, 1.54) is 17.7 Å². The summed E-state index contributed by atoms with van der Waals surface area (Å²) in [6.45, 7) is 6.99. The Morgan fingerprint density at radius 2 is 1.58 bits per heavy atom. The number of hydrogen-bond acceptors (Lipinski definition) is 5. The second-order valence-corrected chi connectivity index (χ2v) is 15.7. The largest absolute Gasteiger partial charge is 0.508 e. The summed E-state index contributed by atoms with van der Waals surface area (Å²) in [4.78, 5) is 47.1. The van der Waals surface area contributed by atoms with Crippen molar-refractivity contribution in [3.8, 4) is 34.2 Å². The lowest BCUT2D eigenvalue weighted by molar-refractivity contribution is -0.131. The first-order valence-electron chi connectivity index (χ1n) is 19.8. The topological polar surface area (TPSA) is 124 Å². The summed E-state index contributed by atoms with van der Waals surface area (Å²) in [6.07, 6.45) is 1.52. The molecular formula is C48H45FN6O4. The van der Waals surface area contributed by atoms with Crippen molar-refractivity contribution in [2.24, 2.45) is 14.1 Å². The number of aromatic hydroxyl groups is 1. The van der Waals surface area contributed by atoms with E-state index in [-0.39, 0.29) is 41.3 Å². The van der Waals surface area contributed by atoms with Gasteiger partial charge in [-0.2, -0.15) is 5.26 Å². The highest BCUT2D eigenvalue weighted by Crippen LogP contribution is 2.44. The number of hydrogen-bond donors (Lipinski definition) is 2. The van der Waals surface area contributed by atoms with Gasteiger partial charge >= 0.3 is 0 Å². The molecule has 0 spiro atoms. The minimum Gasteiger partial charge on any atom is -0.508 e. The van der Waals surface area contributed by atoms with Crippen LogP contribution in [0.25, 0.3) is 22.4 Å². The maximum atomic E-state index is 15.3. The molecule has 59 heavy (non-hydrogen) atoms. The van der Waals surface area contributed by atoms with E-state index in [2.05, 4.69) is 30.4 Å². The molecule has 0 saturated heterocycles. The van der Waals surface area contributed by atoms with Gasteiger partial charge in [-0.15, -0.1) is 0 Å². The molecule has 0 saturated carbocycles. The Balaban J connectivity index is 1.32. The van der Waals surface area contributed by atoms with E-state index in [1.807, 2.05) is 82.9 Å². The predicted octanol–water partition coefficient (Wildman–Crippen LogP) is 8.00. The zero-order valence-electron chi connectivity index (χ0n) is 33.8. The molecular weight excluding hydrogens is 744 g/mol. The van der Waals surface area contributed by atoms with Crippen molar-refractivity contribution in [1.82, 2.24) is 18.9 Å². The highest BCUT2D eigenvalue weighted by Gasteiger charge is 2.35. The standard InChI is InChI=1S/C48H45FN6O4/c1-28-19-32-13-9-10-14-34(32)27-55(28)48(59)40-22-35-26-54(43(57)20-31-11-7-6-8-12-31)18-17-33(35)21-39(40)46-45(38-23-36(25-50)52(4)29(38)2)44(30(3)53(46)5)47(58)51-42-16-15-37(56)24-41(42)49/h6-16,21-24,28,56H,17-20,26-27H2,1-5H3,(H,51,58)/t28-/m1/s1. The third-order valence-electron chi connectivity index (χ3n) is 12.2. The third kappa shape index (κ3) is 7.05. The fraction of sp³-hybridized carbons (Fsp3) is 0.250. The van der Waals surface area contributed by atoms with Crippen LogP contribution in [0, 0.1) is 31.0 Å². The van der Waals surface area contributed by atoms with Crippen molar-refractivity contribution < 1.29 is 23.9 Å². The van der Waals surface area contributed by atoms with Crippen LogP contribution in [0.1, 0.15) is 72.5 Å². The average Bonchev–Trinajstić information content (AvgIpc) is 3.66. The first-order valence-corrected chi connectivity index (χ1v) is 19.8. The van der Waals surface area contributed by atoms with Gasteiger partial charge in [0.2, 0.25) is 5.91 Å². The Labute approximate surface area is 342 Å². The second kappa shape index (κ2) is 15.4. The van der Waals surface area contributed by atoms with Gasteiger partial charge in [-0.05, 0) is 91.8 Å². The highest BCUT2D eigenvalue weighted by atomic mass is 19.1. The molecule has 2 aliphatic heterocycles. The van der Waals surface area contributed by atoms with Crippen LogP contribution in [0.5, 0.6) is 5.75 Å². The van der Waals surface area contributed by atoms with E-state index in [0.29, 0.717) is 71.8 Å². The Kier molecular flexibility index (Phi) is 10.2. The first-order chi connectivity index (χ1) is 28.3. The summed E-state index contributed by atoms with van der Waals surface area (Å²) in [5.41, 5.74) is 9.64. The van der Waals surface area contributed by atoms with Crippen molar-refractivity contribution in [3.05, 3.63) is 153 Å². The monoisotopic (exact) mass is 788 g/mol. The van der Waals surface area contributed by atoms with E-state index < -0.39 is 11.7 Å². The number of phenolic OH excluding ortho intramolecular Hbond substituents is 1. The van der Waals surface area contributed by atoms with Crippen LogP contribution < -0.4 is 5.32 Å². The van der Waals surface area contributed by atoms with Crippen LogP contribution >= 0.6 is 0 Å². The lowest BCUT2D eigenvalue weighted by Crippen LogP contribution is -2.43. The number of benzene rings is 4. The molecule has 0 bridgehead atoms. The van der Waals surface area contributed by atoms with Crippen molar-refractivity contribution in [3.63, 3.8) is 0 Å². The number of halogens is 1. The molecule has 0 radical (unpaired) electrons. The van der Waals surface area contributed by atoms with Crippen LogP contribution in [0.3, 0.4) is 0 Å². The van der Waals surface area contributed by atoms with Gasteiger partial charge in [-0.25, -0.2) is 4.39 Å². The molecule has 2 N–H and O–H groups in total. The van der Waals surface area contributed by atoms with Gasteiger partial charge in [-0.1, -0.05) is 54.6 Å². The summed E-state index contributed by atoms with van der Waals surface area (Å²) < 4.78 is 18.7. The van der Waals surface area contributed by atoms with Crippen molar-refractivity contribution >= 4 is 23.4 Å². The number of carbonyl (C=O) groups is 3. The second-order valence-electron chi connectivity index (χ2n) is 15.7. The van der Waals surface area contributed by atoms with Crippen molar-refractivity contribution in [2.45, 2.75) is 59.2 Å². The smallest absolute Gasteiger partial charge is 0.258 e. The molecule has 4 heterocycles. The van der Waals surface area contributed by atoms with Crippen LogP contribution in [0.2, 0.25) is 0 Å². The van der Waals surface area contributed by atoms with Crippen LogP contribution in [-0.4, -0.2) is 54.3 Å². The van der Waals surface area contributed by atoms with E-state index >= 15 is 9.18 Å². The number of fused-ring (bicyclic) bond motifs is 2. The molecule has 10 nitrogen and oxygen atoms in total. The van der Waals surface area contributed by atoms with Gasteiger partial charge in [0.1, 0.15) is 23.3 Å². The SMILES string of the molecule is Cc1c(-c2c(C(=O)Nc3ccc(O)cc3F)c(C)n(C)c2-c2cc3c(cc2C(=O)N2Cc4ccccc4C[C@H]2C)CN(C(=O)Cc2ccccc2)CC3)cc(C#N)n1C. The average molecular weight is 789 g/mol. The van der Waals surface area contributed by atoms with Crippen LogP contribution in [0.15, 0.2) is 91.0 Å². The maximum absolute atomic E-state index is 15.3. The molecule has 4 aromatic carbocycles. The summed E-state index contributed by atoms with van der Waals surface area (Å²) >= 11 is 0. The zero-order chi connectivity index (χ0) is 41.7. The highest BCUT2D eigenvalue weighted by molar-refractivity contribution is 6.14. The van der Waals surface area contributed by atoms with Gasteiger partial charge in [0.15, 0.2) is 0 Å². The summed E-state index contributed by atoms with van der Waals surface area (Å²) in [6, 6.07) is 29.2. The third-order valence-corrected chi connectivity index (χ3v) is 12.2. The normalized spacial score (nSPS) is 14.7. The number of nitrogens with zero attached hydrogens (tertiary/aromatic N) is 5. The van der Waals surface area contributed by atoms with Crippen LogP contribution in [-0.2, 0) is 51.2 Å². The molecule has 298 valence electrons. The summed E-state index contributed by atoms with van der Waals surface area (Å²) in [5, 5.41) is 22.7. The molecule has 0 unspecified atom stereocenters. The Bertz CT molecular complexity index is 2720. The zero-order valence-corrected chi connectivity index (χ0v) is 33.8. The van der Waals surface area contributed by atoms with Crippen molar-refractivity contribution in [1.29, 1.82) is 5.26 Å². The first kappa shape index (κ1) is 38.9. The summed E-state index contributed by atoms with van der Waals surface area (Å²) in [7, 11) is 3.62. The quantitative estimate of drug-likeness (QED) is 0.159. The molecule has 0 aliphatic carbocycles. The number of nitrogens with one attached hydrogen (secondary N) is 1. The molecule has 6 aromatic rings. The molecule has 8 rings (SSSR count). The number of carbonyl (C=O) groups excluding carboxylic acids is 3. The lowest BCUT2D eigenvalue weighted by Gasteiger charge is -2.36. The maximum Gasteiger partial charge on any atom is 0.258 e. The fourth-order valence-electron chi connectivity index (χ4n) is 8.69. The van der Waals surface area contributed by atoms with Gasteiger partial charge in [0.05, 0.1) is 23.4 Å². The van der Waals surface area contributed by atoms with Gasteiger partial charge in [0.25, 0.3) is 11.8 Å². The molecule has 0 fully saturated rings. The Hall–Kier alpha value is -6.93. The predicted molar refractivity (Wildman–Crippen MR) is 224 cm³/mol. The molecule has 2 aromatic heterocycles. The fourth-order valence-corrected chi connectivity index (χ4v) is 8.69. The van der Waals surface area contributed by atoms with E-state index in [0.717, 1.165) is 34.0 Å². The minimum atomic E-state index is -0.799. The van der Waals surface area contributed by atoms with E-state index in [1.54, 1.807) is 24.6 Å². The number of amides is 3. The van der Waals surface area contributed by atoms with Crippen LogP contribution in [0.4, 0.5) is 10.1 Å². The Morgan fingerprint density at radius 1 is 0.847 bits per heavy atom. The minimum absolute atomic E-state index is 0.00831. The molecule has 2 aliphatic rings. The number of anilines is 1. The number of nitriles is 1. The molecule has 3 amide bonds. The molecule has 1 atom stereocenters. The molecule has 11 heteroatoms. The summed E-state index contributed by atoms with van der Waals surface area (Å²) in [5.74, 6) is -1.84. The Morgan fingerprint density at radius 3 is 2.29 bits per heavy atom. The number of aromatic nitrogens is 2. The van der Waals surface area contributed by atoms with Gasteiger partial charge in [0, 0.05) is 79.5 Å². The van der Waals surface area contributed by atoms with Gasteiger partial charge < -0.3 is 29.4 Å².